The summed E-state index contributed by atoms with van der Waals surface area (Å²) in [7, 11) is 0. The molecule has 1 amide bonds. The fraction of sp³-hybridized carbons (Fsp3) is 0.471. The maximum absolute atomic E-state index is 12.8. The van der Waals surface area contributed by atoms with Gasteiger partial charge in [-0.1, -0.05) is 30.4 Å². The number of aliphatic hydroxyl groups is 1. The largest absolute Gasteiger partial charge is 0.395 e. The number of carbonyl (C=O) groups excluding carboxylic acids is 1. The third-order valence-electron chi connectivity index (χ3n) is 3.39. The number of amides is 1. The summed E-state index contributed by atoms with van der Waals surface area (Å²) in [5.74, 6) is 6.97. The standard InChI is InChI=1S/C17H21NO2S/c1-13-6-7-15(5-3-4-9-19)16(11-13)17(20)18-8-10-21-14(2)12-18/h6-7,11,14,19H,4,8-10,12H2,1-2H3. The van der Waals surface area contributed by atoms with Crippen LogP contribution in [0.15, 0.2) is 18.2 Å². The van der Waals surface area contributed by atoms with E-state index in [4.69, 9.17) is 5.11 Å². The fourth-order valence-corrected chi connectivity index (χ4v) is 3.34. The van der Waals surface area contributed by atoms with Crippen LogP contribution in [0.5, 0.6) is 0 Å². The second-order valence-corrected chi connectivity index (χ2v) is 6.80. The Morgan fingerprint density at radius 1 is 1.52 bits per heavy atom. The van der Waals surface area contributed by atoms with Crippen molar-refractivity contribution in [3.05, 3.63) is 34.9 Å². The van der Waals surface area contributed by atoms with Crippen molar-refractivity contribution in [1.29, 1.82) is 0 Å². The van der Waals surface area contributed by atoms with Crippen molar-refractivity contribution in [1.82, 2.24) is 4.90 Å². The Morgan fingerprint density at radius 2 is 2.33 bits per heavy atom. The van der Waals surface area contributed by atoms with Gasteiger partial charge in [0.05, 0.1) is 12.2 Å². The molecule has 0 bridgehead atoms. The van der Waals surface area contributed by atoms with Crippen molar-refractivity contribution < 1.29 is 9.90 Å². The van der Waals surface area contributed by atoms with Crippen molar-refractivity contribution in [3.8, 4) is 11.8 Å². The van der Waals surface area contributed by atoms with Crippen molar-refractivity contribution >= 4 is 17.7 Å². The lowest BCUT2D eigenvalue weighted by Gasteiger charge is -2.31. The van der Waals surface area contributed by atoms with E-state index in [0.717, 1.165) is 30.0 Å². The molecule has 1 aromatic carbocycles. The molecule has 0 aromatic heterocycles. The van der Waals surface area contributed by atoms with Gasteiger partial charge in [-0.3, -0.25) is 4.79 Å². The second-order valence-electron chi connectivity index (χ2n) is 5.26. The summed E-state index contributed by atoms with van der Waals surface area (Å²) < 4.78 is 0. The Labute approximate surface area is 130 Å². The van der Waals surface area contributed by atoms with Gasteiger partial charge in [0, 0.05) is 36.1 Å². The van der Waals surface area contributed by atoms with E-state index in [0.29, 0.717) is 17.2 Å². The Balaban J connectivity index is 2.26. The average Bonchev–Trinajstić information content (AvgIpc) is 2.48. The monoisotopic (exact) mass is 303 g/mol. The lowest BCUT2D eigenvalue weighted by atomic mass is 10.0. The molecule has 0 spiro atoms. The predicted octanol–water partition coefficient (Wildman–Crippen LogP) is 2.31. The highest BCUT2D eigenvalue weighted by Gasteiger charge is 2.23. The normalized spacial score (nSPS) is 18.0. The number of hydrogen-bond acceptors (Lipinski definition) is 3. The molecule has 1 aliphatic rings. The first kappa shape index (κ1) is 15.9. The quantitative estimate of drug-likeness (QED) is 0.852. The third-order valence-corrected chi connectivity index (χ3v) is 4.53. The number of carbonyl (C=O) groups is 1. The molecule has 1 N–H and O–H groups in total. The maximum Gasteiger partial charge on any atom is 0.255 e. The molecular weight excluding hydrogens is 282 g/mol. The van der Waals surface area contributed by atoms with Gasteiger partial charge in [-0.25, -0.2) is 0 Å². The predicted molar refractivity (Wildman–Crippen MR) is 87.6 cm³/mol. The molecule has 21 heavy (non-hydrogen) atoms. The van der Waals surface area contributed by atoms with Crippen molar-refractivity contribution in [2.45, 2.75) is 25.5 Å². The minimum Gasteiger partial charge on any atom is -0.395 e. The van der Waals surface area contributed by atoms with Gasteiger partial charge in [-0.2, -0.15) is 11.8 Å². The number of aryl methyl sites for hydroxylation is 1. The summed E-state index contributed by atoms with van der Waals surface area (Å²) in [5, 5.41) is 9.30. The highest BCUT2D eigenvalue weighted by Crippen LogP contribution is 2.21. The van der Waals surface area contributed by atoms with Crippen LogP contribution in [0.4, 0.5) is 0 Å². The lowest BCUT2D eigenvalue weighted by molar-refractivity contribution is 0.0763. The van der Waals surface area contributed by atoms with Gasteiger partial charge in [-0.15, -0.1) is 0 Å². The van der Waals surface area contributed by atoms with Crippen LogP contribution in [0, 0.1) is 18.8 Å². The first-order valence-corrected chi connectivity index (χ1v) is 8.28. The SMILES string of the molecule is Cc1ccc(C#CCCO)c(C(=O)N2CCSC(C)C2)c1. The summed E-state index contributed by atoms with van der Waals surface area (Å²) in [5.41, 5.74) is 2.50. The molecule has 112 valence electrons. The van der Waals surface area contributed by atoms with Gasteiger partial charge < -0.3 is 10.0 Å². The molecule has 1 aromatic rings. The molecule has 0 saturated carbocycles. The van der Waals surface area contributed by atoms with Crippen LogP contribution in [-0.2, 0) is 0 Å². The number of aliphatic hydroxyl groups excluding tert-OH is 1. The summed E-state index contributed by atoms with van der Waals surface area (Å²) >= 11 is 1.91. The molecule has 0 aliphatic carbocycles. The Kier molecular flexibility index (Phi) is 5.72. The van der Waals surface area contributed by atoms with Crippen LogP contribution in [0.1, 0.15) is 34.8 Å². The van der Waals surface area contributed by atoms with Gasteiger partial charge in [0.1, 0.15) is 0 Å². The Bertz CT molecular complexity index is 574. The van der Waals surface area contributed by atoms with Gasteiger partial charge in [0.15, 0.2) is 0 Å². The first-order chi connectivity index (χ1) is 10.1. The summed E-state index contributed by atoms with van der Waals surface area (Å²) in [6.45, 7) is 5.77. The molecule has 1 saturated heterocycles. The molecule has 0 radical (unpaired) electrons. The van der Waals surface area contributed by atoms with E-state index >= 15 is 0 Å². The Hall–Kier alpha value is -1.44. The van der Waals surface area contributed by atoms with Crippen molar-refractivity contribution in [3.63, 3.8) is 0 Å². The van der Waals surface area contributed by atoms with Crippen LogP contribution in [0.3, 0.4) is 0 Å². The first-order valence-electron chi connectivity index (χ1n) is 7.23. The number of thioether (sulfide) groups is 1. The smallest absolute Gasteiger partial charge is 0.255 e. The van der Waals surface area contributed by atoms with E-state index in [1.807, 2.05) is 41.8 Å². The number of rotatable bonds is 2. The van der Waals surface area contributed by atoms with E-state index in [-0.39, 0.29) is 12.5 Å². The second kappa shape index (κ2) is 7.53. The molecule has 1 fully saturated rings. The maximum atomic E-state index is 12.8. The minimum absolute atomic E-state index is 0.0446. The van der Waals surface area contributed by atoms with E-state index < -0.39 is 0 Å². The molecule has 4 heteroatoms. The van der Waals surface area contributed by atoms with Crippen LogP contribution in [0.2, 0.25) is 0 Å². The van der Waals surface area contributed by atoms with Crippen molar-refractivity contribution in [2.75, 3.05) is 25.4 Å². The summed E-state index contributed by atoms with van der Waals surface area (Å²) in [6.07, 6.45) is 0.429. The Morgan fingerprint density at radius 3 is 3.05 bits per heavy atom. The molecule has 1 atom stereocenters. The lowest BCUT2D eigenvalue weighted by Crippen LogP contribution is -2.41. The summed E-state index contributed by atoms with van der Waals surface area (Å²) in [6, 6.07) is 5.78. The van der Waals surface area contributed by atoms with Gasteiger partial charge in [0.25, 0.3) is 5.91 Å². The van der Waals surface area contributed by atoms with E-state index in [1.165, 1.54) is 0 Å². The van der Waals surface area contributed by atoms with Crippen LogP contribution in [0.25, 0.3) is 0 Å². The zero-order chi connectivity index (χ0) is 15.2. The molecular formula is C17H21NO2S. The number of hydrogen-bond donors (Lipinski definition) is 1. The number of benzene rings is 1. The van der Waals surface area contributed by atoms with E-state index in [1.54, 1.807) is 0 Å². The molecule has 2 rings (SSSR count). The fourth-order valence-electron chi connectivity index (χ4n) is 2.33. The highest BCUT2D eigenvalue weighted by molar-refractivity contribution is 7.99. The van der Waals surface area contributed by atoms with Gasteiger partial charge in [0.2, 0.25) is 0 Å². The van der Waals surface area contributed by atoms with Gasteiger partial charge in [-0.05, 0) is 19.1 Å². The van der Waals surface area contributed by atoms with Gasteiger partial charge >= 0.3 is 0 Å². The van der Waals surface area contributed by atoms with Crippen LogP contribution < -0.4 is 0 Å². The zero-order valence-corrected chi connectivity index (χ0v) is 13.4. The molecule has 1 heterocycles. The number of nitrogens with zero attached hydrogens (tertiary/aromatic N) is 1. The minimum atomic E-state index is 0.0446. The third kappa shape index (κ3) is 4.26. The van der Waals surface area contributed by atoms with Crippen LogP contribution in [-0.4, -0.2) is 46.6 Å². The van der Waals surface area contributed by atoms with Crippen LogP contribution >= 0.6 is 11.8 Å². The van der Waals surface area contributed by atoms with Crippen molar-refractivity contribution in [2.24, 2.45) is 0 Å². The topological polar surface area (TPSA) is 40.5 Å². The van der Waals surface area contributed by atoms with E-state index in [9.17, 15) is 4.79 Å². The molecule has 1 aliphatic heterocycles. The molecule has 1 unspecified atom stereocenters. The summed E-state index contributed by atoms with van der Waals surface area (Å²) in [4.78, 5) is 14.7. The average molecular weight is 303 g/mol. The highest BCUT2D eigenvalue weighted by atomic mass is 32.2. The van der Waals surface area contributed by atoms with E-state index in [2.05, 4.69) is 18.8 Å². The zero-order valence-electron chi connectivity index (χ0n) is 12.6. The molecule has 3 nitrogen and oxygen atoms in total.